The van der Waals surface area contributed by atoms with E-state index in [1.54, 1.807) is 0 Å². The van der Waals surface area contributed by atoms with Gasteiger partial charge in [0, 0.05) is 38.4 Å². The van der Waals surface area contributed by atoms with Crippen LogP contribution in [0.1, 0.15) is 32.3 Å². The van der Waals surface area contributed by atoms with E-state index in [0.29, 0.717) is 0 Å². The monoisotopic (exact) mass is 344 g/mol. The van der Waals surface area contributed by atoms with Crippen LogP contribution in [0.4, 0.5) is 5.69 Å². The standard InChI is InChI=1S/C20H32N4O/c1-3-21-20(24-10-8-17(2)9-11-24)22-16-18-6-4-5-7-19(18)23-12-14-25-15-13-23/h4-7,17H,3,8-16H2,1-2H3,(H,21,22). The Morgan fingerprint density at radius 1 is 1.16 bits per heavy atom. The SMILES string of the molecule is CCNC(=NCc1ccccc1N1CCOCC1)N1CCC(C)CC1. The van der Waals surface area contributed by atoms with Crippen molar-refractivity contribution in [3.05, 3.63) is 29.8 Å². The zero-order chi connectivity index (χ0) is 17.5. The van der Waals surface area contributed by atoms with Crippen molar-refractivity contribution in [1.29, 1.82) is 0 Å². The smallest absolute Gasteiger partial charge is 0.194 e. The van der Waals surface area contributed by atoms with Crippen LogP contribution < -0.4 is 10.2 Å². The van der Waals surface area contributed by atoms with Crippen LogP contribution in [0.3, 0.4) is 0 Å². The Bertz CT molecular complexity index is 561. The van der Waals surface area contributed by atoms with Gasteiger partial charge in [0.05, 0.1) is 19.8 Å². The number of para-hydroxylation sites is 1. The highest BCUT2D eigenvalue weighted by Gasteiger charge is 2.19. The van der Waals surface area contributed by atoms with Crippen LogP contribution in [0.15, 0.2) is 29.3 Å². The van der Waals surface area contributed by atoms with Crippen LogP contribution in [-0.4, -0.2) is 56.8 Å². The van der Waals surface area contributed by atoms with Gasteiger partial charge in [0.2, 0.25) is 0 Å². The summed E-state index contributed by atoms with van der Waals surface area (Å²) in [6.07, 6.45) is 2.52. The topological polar surface area (TPSA) is 40.1 Å². The first-order valence-corrected chi connectivity index (χ1v) is 9.71. The van der Waals surface area contributed by atoms with Gasteiger partial charge in [0.25, 0.3) is 0 Å². The molecule has 0 atom stereocenters. The van der Waals surface area contributed by atoms with E-state index in [1.165, 1.54) is 24.1 Å². The molecule has 2 fully saturated rings. The van der Waals surface area contributed by atoms with Crippen molar-refractivity contribution in [3.8, 4) is 0 Å². The second kappa shape index (κ2) is 9.09. The summed E-state index contributed by atoms with van der Waals surface area (Å²) < 4.78 is 5.49. The number of benzene rings is 1. The second-order valence-electron chi connectivity index (χ2n) is 7.07. The van der Waals surface area contributed by atoms with Crippen LogP contribution in [0.5, 0.6) is 0 Å². The number of guanidine groups is 1. The van der Waals surface area contributed by atoms with E-state index >= 15 is 0 Å². The van der Waals surface area contributed by atoms with Gasteiger partial charge in [-0.1, -0.05) is 25.1 Å². The average Bonchev–Trinajstić information content (AvgIpc) is 2.67. The van der Waals surface area contributed by atoms with Gasteiger partial charge in [0.1, 0.15) is 0 Å². The quantitative estimate of drug-likeness (QED) is 0.673. The van der Waals surface area contributed by atoms with Gasteiger partial charge in [-0.3, -0.25) is 0 Å². The van der Waals surface area contributed by atoms with Crippen molar-refractivity contribution >= 4 is 11.6 Å². The van der Waals surface area contributed by atoms with Crippen LogP contribution >= 0.6 is 0 Å². The number of rotatable bonds is 4. The van der Waals surface area contributed by atoms with Gasteiger partial charge in [-0.25, -0.2) is 4.99 Å². The van der Waals surface area contributed by atoms with Crippen molar-refractivity contribution in [2.24, 2.45) is 10.9 Å². The molecule has 0 bridgehead atoms. The Hall–Kier alpha value is -1.75. The lowest BCUT2D eigenvalue weighted by Gasteiger charge is -2.33. The second-order valence-corrected chi connectivity index (χ2v) is 7.07. The first-order valence-electron chi connectivity index (χ1n) is 9.71. The molecule has 0 saturated carbocycles. The van der Waals surface area contributed by atoms with Gasteiger partial charge in [-0.2, -0.15) is 0 Å². The van der Waals surface area contributed by atoms with Crippen LogP contribution in [0, 0.1) is 5.92 Å². The van der Waals surface area contributed by atoms with E-state index in [4.69, 9.17) is 9.73 Å². The third kappa shape index (κ3) is 4.88. The molecule has 0 radical (unpaired) electrons. The third-order valence-corrected chi connectivity index (χ3v) is 5.16. The van der Waals surface area contributed by atoms with Crippen molar-refractivity contribution in [1.82, 2.24) is 10.2 Å². The molecule has 2 heterocycles. The zero-order valence-electron chi connectivity index (χ0n) is 15.7. The predicted octanol–water partition coefficient (Wildman–Crippen LogP) is 2.72. The lowest BCUT2D eigenvalue weighted by molar-refractivity contribution is 0.122. The van der Waals surface area contributed by atoms with E-state index in [2.05, 4.69) is 53.2 Å². The highest BCUT2D eigenvalue weighted by atomic mass is 16.5. The maximum absolute atomic E-state index is 5.49. The number of morpholine rings is 1. The first-order chi connectivity index (χ1) is 12.3. The number of nitrogens with one attached hydrogen (secondary N) is 1. The highest BCUT2D eigenvalue weighted by Crippen LogP contribution is 2.22. The molecule has 0 amide bonds. The Balaban J connectivity index is 1.72. The minimum atomic E-state index is 0.724. The molecule has 2 aliphatic heterocycles. The molecule has 25 heavy (non-hydrogen) atoms. The molecule has 1 aromatic rings. The molecule has 0 aliphatic carbocycles. The molecule has 5 heteroatoms. The fourth-order valence-electron chi connectivity index (χ4n) is 3.56. The number of aliphatic imine (C=N–C) groups is 1. The Morgan fingerprint density at radius 2 is 1.88 bits per heavy atom. The summed E-state index contributed by atoms with van der Waals surface area (Å²) in [6.45, 7) is 11.9. The summed E-state index contributed by atoms with van der Waals surface area (Å²) in [5, 5.41) is 3.48. The maximum atomic E-state index is 5.49. The molecule has 138 valence electrons. The molecule has 1 N–H and O–H groups in total. The summed E-state index contributed by atoms with van der Waals surface area (Å²) in [4.78, 5) is 9.80. The molecule has 0 aromatic heterocycles. The van der Waals surface area contributed by atoms with Gasteiger partial charge >= 0.3 is 0 Å². The lowest BCUT2D eigenvalue weighted by Crippen LogP contribution is -2.45. The molecule has 5 nitrogen and oxygen atoms in total. The van der Waals surface area contributed by atoms with E-state index in [0.717, 1.165) is 64.4 Å². The number of anilines is 1. The molecule has 2 aliphatic rings. The Kier molecular flexibility index (Phi) is 6.56. The average molecular weight is 345 g/mol. The van der Waals surface area contributed by atoms with Gasteiger partial charge in [-0.05, 0) is 37.3 Å². The maximum Gasteiger partial charge on any atom is 0.194 e. The van der Waals surface area contributed by atoms with Gasteiger partial charge < -0.3 is 19.9 Å². The summed E-state index contributed by atoms with van der Waals surface area (Å²) in [5.74, 6) is 1.90. The number of hydrogen-bond acceptors (Lipinski definition) is 3. The molecular formula is C20H32N4O. The minimum absolute atomic E-state index is 0.724. The van der Waals surface area contributed by atoms with E-state index in [-0.39, 0.29) is 0 Å². The number of piperidine rings is 1. The lowest BCUT2D eigenvalue weighted by atomic mass is 9.99. The number of hydrogen-bond donors (Lipinski definition) is 1. The Morgan fingerprint density at radius 3 is 2.60 bits per heavy atom. The van der Waals surface area contributed by atoms with E-state index < -0.39 is 0 Å². The summed E-state index contributed by atoms with van der Waals surface area (Å²) >= 11 is 0. The fraction of sp³-hybridized carbons (Fsp3) is 0.650. The van der Waals surface area contributed by atoms with E-state index in [9.17, 15) is 0 Å². The number of nitrogens with zero attached hydrogens (tertiary/aromatic N) is 3. The summed E-state index contributed by atoms with van der Waals surface area (Å²) in [7, 11) is 0. The van der Waals surface area contributed by atoms with Gasteiger partial charge in [-0.15, -0.1) is 0 Å². The number of ether oxygens (including phenoxy) is 1. The molecule has 2 saturated heterocycles. The van der Waals surface area contributed by atoms with Gasteiger partial charge in [0.15, 0.2) is 5.96 Å². The zero-order valence-corrected chi connectivity index (χ0v) is 15.7. The highest BCUT2D eigenvalue weighted by molar-refractivity contribution is 5.80. The van der Waals surface area contributed by atoms with Crippen LogP contribution in [0.2, 0.25) is 0 Å². The summed E-state index contributed by atoms with van der Waals surface area (Å²) in [6, 6.07) is 8.65. The van der Waals surface area contributed by atoms with Crippen molar-refractivity contribution < 1.29 is 4.74 Å². The minimum Gasteiger partial charge on any atom is -0.378 e. The normalized spacial score (nSPS) is 20.0. The third-order valence-electron chi connectivity index (χ3n) is 5.16. The van der Waals surface area contributed by atoms with Crippen molar-refractivity contribution in [2.45, 2.75) is 33.2 Å². The first kappa shape index (κ1) is 18.1. The Labute approximate surface area is 152 Å². The van der Waals surface area contributed by atoms with Crippen molar-refractivity contribution in [2.75, 3.05) is 50.8 Å². The molecule has 3 rings (SSSR count). The van der Waals surface area contributed by atoms with E-state index in [1.807, 2.05) is 0 Å². The number of likely N-dealkylation sites (tertiary alicyclic amines) is 1. The predicted molar refractivity (Wildman–Crippen MR) is 104 cm³/mol. The molecule has 0 unspecified atom stereocenters. The largest absolute Gasteiger partial charge is 0.378 e. The fourth-order valence-corrected chi connectivity index (χ4v) is 3.56. The molecule has 0 spiro atoms. The van der Waals surface area contributed by atoms with Crippen LogP contribution in [0.25, 0.3) is 0 Å². The molecule has 1 aromatic carbocycles. The molecular weight excluding hydrogens is 312 g/mol. The summed E-state index contributed by atoms with van der Waals surface area (Å²) in [5.41, 5.74) is 2.60. The van der Waals surface area contributed by atoms with Crippen molar-refractivity contribution in [3.63, 3.8) is 0 Å². The van der Waals surface area contributed by atoms with Crippen LogP contribution in [-0.2, 0) is 11.3 Å².